The molecule has 126 valence electrons. The van der Waals surface area contributed by atoms with Crippen LogP contribution in [-0.2, 0) is 11.3 Å². The van der Waals surface area contributed by atoms with E-state index in [-0.39, 0.29) is 17.9 Å². The Morgan fingerprint density at radius 3 is 2.67 bits per heavy atom. The molecule has 2 aromatic rings. The Bertz CT molecular complexity index is 746. The molecule has 1 N–H and O–H groups in total. The van der Waals surface area contributed by atoms with Crippen LogP contribution in [0.3, 0.4) is 0 Å². The van der Waals surface area contributed by atoms with Crippen molar-refractivity contribution >= 4 is 17.3 Å². The van der Waals surface area contributed by atoms with Crippen molar-refractivity contribution in [3.8, 4) is 5.75 Å². The Labute approximate surface area is 139 Å². The molecule has 0 spiro atoms. The van der Waals surface area contributed by atoms with Crippen LogP contribution in [-0.4, -0.2) is 24.5 Å². The van der Waals surface area contributed by atoms with Crippen molar-refractivity contribution in [2.45, 2.75) is 13.5 Å². The van der Waals surface area contributed by atoms with Gasteiger partial charge in [-0.1, -0.05) is 18.2 Å². The van der Waals surface area contributed by atoms with E-state index in [1.54, 1.807) is 19.2 Å². The van der Waals surface area contributed by atoms with Gasteiger partial charge in [-0.2, -0.15) is 0 Å². The van der Waals surface area contributed by atoms with E-state index in [1.165, 1.54) is 18.2 Å². The fourth-order valence-corrected chi connectivity index (χ4v) is 2.17. The summed E-state index contributed by atoms with van der Waals surface area (Å²) in [7, 11) is 1.57. The summed E-state index contributed by atoms with van der Waals surface area (Å²) in [6.07, 6.45) is 0. The summed E-state index contributed by atoms with van der Waals surface area (Å²) in [5, 5.41) is 13.8. The Morgan fingerprint density at radius 1 is 1.25 bits per heavy atom. The number of nitrogens with zero attached hydrogens (tertiary/aromatic N) is 1. The SMILES string of the molecule is CCOc1ccccc1COC(=O)c1ccc(NC)c([N+](=O)[O-])c1. The lowest BCUT2D eigenvalue weighted by molar-refractivity contribution is -0.384. The summed E-state index contributed by atoms with van der Waals surface area (Å²) >= 11 is 0. The van der Waals surface area contributed by atoms with Crippen molar-refractivity contribution in [1.82, 2.24) is 0 Å². The summed E-state index contributed by atoms with van der Waals surface area (Å²) in [5.41, 5.74) is 1.00. The van der Waals surface area contributed by atoms with Gasteiger partial charge in [0.2, 0.25) is 0 Å². The zero-order valence-corrected chi connectivity index (χ0v) is 13.4. The number of rotatable bonds is 7. The lowest BCUT2D eigenvalue weighted by Crippen LogP contribution is -2.08. The van der Waals surface area contributed by atoms with Crippen molar-refractivity contribution in [2.24, 2.45) is 0 Å². The van der Waals surface area contributed by atoms with Crippen molar-refractivity contribution in [1.29, 1.82) is 0 Å². The molecule has 2 rings (SSSR count). The molecular weight excluding hydrogens is 312 g/mol. The summed E-state index contributed by atoms with van der Waals surface area (Å²) < 4.78 is 10.7. The summed E-state index contributed by atoms with van der Waals surface area (Å²) in [5.74, 6) is 0.0105. The molecule has 24 heavy (non-hydrogen) atoms. The van der Waals surface area contributed by atoms with Gasteiger partial charge in [0.05, 0.1) is 17.1 Å². The molecule has 0 unspecified atom stereocenters. The van der Waals surface area contributed by atoms with Crippen LogP contribution >= 0.6 is 0 Å². The number of ether oxygens (including phenoxy) is 2. The highest BCUT2D eigenvalue weighted by Crippen LogP contribution is 2.26. The number of hydrogen-bond donors (Lipinski definition) is 1. The third kappa shape index (κ3) is 4.01. The van der Waals surface area contributed by atoms with Crippen LogP contribution in [0.2, 0.25) is 0 Å². The molecule has 0 aromatic heterocycles. The van der Waals surface area contributed by atoms with E-state index in [9.17, 15) is 14.9 Å². The van der Waals surface area contributed by atoms with Gasteiger partial charge in [-0.3, -0.25) is 10.1 Å². The molecule has 0 aliphatic heterocycles. The standard InChI is InChI=1S/C17H18N2O5/c1-3-23-16-7-5-4-6-13(16)11-24-17(20)12-8-9-14(18-2)15(10-12)19(21)22/h4-10,18H,3,11H2,1-2H3. The minimum atomic E-state index is -0.632. The third-order valence-electron chi connectivity index (χ3n) is 3.33. The minimum Gasteiger partial charge on any atom is -0.493 e. The Morgan fingerprint density at radius 2 is 2.00 bits per heavy atom. The van der Waals surface area contributed by atoms with Crippen LogP contribution in [0.25, 0.3) is 0 Å². The Hall–Kier alpha value is -3.09. The second-order valence-corrected chi connectivity index (χ2v) is 4.86. The van der Waals surface area contributed by atoms with Gasteiger partial charge < -0.3 is 14.8 Å². The van der Waals surface area contributed by atoms with E-state index in [4.69, 9.17) is 9.47 Å². The maximum absolute atomic E-state index is 12.2. The number of nitro benzene ring substituents is 1. The average Bonchev–Trinajstić information content (AvgIpc) is 2.60. The number of carbonyl (C=O) groups is 1. The molecule has 0 heterocycles. The van der Waals surface area contributed by atoms with Gasteiger partial charge in [-0.25, -0.2) is 4.79 Å². The van der Waals surface area contributed by atoms with Crippen LogP contribution in [0.5, 0.6) is 5.75 Å². The maximum Gasteiger partial charge on any atom is 0.338 e. The van der Waals surface area contributed by atoms with Crippen LogP contribution < -0.4 is 10.1 Å². The highest BCUT2D eigenvalue weighted by molar-refractivity contribution is 5.91. The Balaban J connectivity index is 2.13. The summed E-state index contributed by atoms with van der Waals surface area (Å²) in [6, 6.07) is 11.4. The topological polar surface area (TPSA) is 90.7 Å². The van der Waals surface area contributed by atoms with Gasteiger partial charge in [-0.05, 0) is 25.1 Å². The van der Waals surface area contributed by atoms with Crippen molar-refractivity contribution < 1.29 is 19.2 Å². The second kappa shape index (κ2) is 7.96. The van der Waals surface area contributed by atoms with Gasteiger partial charge in [0, 0.05) is 18.7 Å². The monoisotopic (exact) mass is 330 g/mol. The van der Waals surface area contributed by atoms with Crippen LogP contribution in [0.15, 0.2) is 42.5 Å². The number of benzene rings is 2. The van der Waals surface area contributed by atoms with Crippen molar-refractivity contribution in [3.63, 3.8) is 0 Å². The number of nitro groups is 1. The van der Waals surface area contributed by atoms with Crippen LogP contribution in [0.1, 0.15) is 22.8 Å². The lowest BCUT2D eigenvalue weighted by Gasteiger charge is -2.11. The highest BCUT2D eigenvalue weighted by Gasteiger charge is 2.18. The molecule has 0 fully saturated rings. The average molecular weight is 330 g/mol. The van der Waals surface area contributed by atoms with Crippen molar-refractivity contribution in [3.05, 3.63) is 63.7 Å². The molecule has 0 saturated heterocycles. The largest absolute Gasteiger partial charge is 0.493 e. The molecule has 0 amide bonds. The molecule has 0 saturated carbocycles. The molecule has 7 heteroatoms. The smallest absolute Gasteiger partial charge is 0.338 e. The van der Waals surface area contributed by atoms with E-state index >= 15 is 0 Å². The van der Waals surface area contributed by atoms with Gasteiger partial charge in [-0.15, -0.1) is 0 Å². The first-order chi connectivity index (χ1) is 11.6. The van der Waals surface area contributed by atoms with E-state index in [0.717, 1.165) is 5.56 Å². The maximum atomic E-state index is 12.2. The third-order valence-corrected chi connectivity index (χ3v) is 3.33. The van der Waals surface area contributed by atoms with Gasteiger partial charge in [0.1, 0.15) is 18.0 Å². The predicted octanol–water partition coefficient (Wildman–Crippen LogP) is 3.39. The normalized spacial score (nSPS) is 10.1. The first-order valence-electron chi connectivity index (χ1n) is 7.40. The number of anilines is 1. The lowest BCUT2D eigenvalue weighted by atomic mass is 10.1. The van der Waals surface area contributed by atoms with E-state index < -0.39 is 10.9 Å². The molecule has 0 aliphatic rings. The van der Waals surface area contributed by atoms with Gasteiger partial charge in [0.25, 0.3) is 5.69 Å². The molecular formula is C17H18N2O5. The van der Waals surface area contributed by atoms with Gasteiger partial charge >= 0.3 is 5.97 Å². The molecule has 0 bridgehead atoms. The zero-order valence-electron chi connectivity index (χ0n) is 13.4. The second-order valence-electron chi connectivity index (χ2n) is 4.86. The minimum absolute atomic E-state index is 0.0244. The molecule has 0 aliphatic carbocycles. The zero-order chi connectivity index (χ0) is 17.5. The number of nitrogens with one attached hydrogen (secondary N) is 1. The van der Waals surface area contributed by atoms with Crippen LogP contribution in [0.4, 0.5) is 11.4 Å². The molecule has 7 nitrogen and oxygen atoms in total. The van der Waals surface area contributed by atoms with Gasteiger partial charge in [0.15, 0.2) is 0 Å². The van der Waals surface area contributed by atoms with E-state index in [2.05, 4.69) is 5.32 Å². The fourth-order valence-electron chi connectivity index (χ4n) is 2.17. The quantitative estimate of drug-likeness (QED) is 0.475. The summed E-state index contributed by atoms with van der Waals surface area (Å²) in [4.78, 5) is 22.7. The number of para-hydroxylation sites is 1. The first kappa shape index (κ1) is 17.3. The summed E-state index contributed by atoms with van der Waals surface area (Å²) in [6.45, 7) is 2.39. The fraction of sp³-hybridized carbons (Fsp3) is 0.235. The number of hydrogen-bond acceptors (Lipinski definition) is 6. The number of carbonyl (C=O) groups excluding carboxylic acids is 1. The first-order valence-corrected chi connectivity index (χ1v) is 7.40. The van der Waals surface area contributed by atoms with E-state index in [0.29, 0.717) is 18.0 Å². The molecule has 0 radical (unpaired) electrons. The van der Waals surface area contributed by atoms with Crippen LogP contribution in [0, 0.1) is 10.1 Å². The van der Waals surface area contributed by atoms with E-state index in [1.807, 2.05) is 19.1 Å². The van der Waals surface area contributed by atoms with Crippen molar-refractivity contribution in [2.75, 3.05) is 19.0 Å². The predicted molar refractivity (Wildman–Crippen MR) is 89.4 cm³/mol. The highest BCUT2D eigenvalue weighted by atomic mass is 16.6. The molecule has 0 atom stereocenters. The molecule has 2 aromatic carbocycles. The Kier molecular flexibility index (Phi) is 5.73. The number of esters is 1.